The van der Waals surface area contributed by atoms with Crippen LogP contribution in [-0.4, -0.2) is 39.5 Å². The first-order valence-corrected chi connectivity index (χ1v) is 6.94. The summed E-state index contributed by atoms with van der Waals surface area (Å²) in [6.07, 6.45) is 2.72. The van der Waals surface area contributed by atoms with Crippen molar-refractivity contribution < 1.29 is 14.7 Å². The molecule has 1 atom stereocenters. The van der Waals surface area contributed by atoms with Gasteiger partial charge in [0.15, 0.2) is 0 Å². The summed E-state index contributed by atoms with van der Waals surface area (Å²) in [7, 11) is 0. The monoisotopic (exact) mass is 376 g/mol. The minimum absolute atomic E-state index is 0.242. The van der Waals surface area contributed by atoms with Crippen molar-refractivity contribution in [2.45, 2.75) is 18.9 Å². The molecule has 0 aromatic carbocycles. The number of amides is 1. The molecule has 0 saturated carbocycles. The number of aliphatic carboxylic acids is 1. The van der Waals surface area contributed by atoms with Gasteiger partial charge in [-0.05, 0) is 50.8 Å². The molecule has 0 bridgehead atoms. The molecule has 18 heavy (non-hydrogen) atoms. The minimum Gasteiger partial charge on any atom is -0.480 e. The predicted molar refractivity (Wildman–Crippen MR) is 71.3 cm³/mol. The molecular formula is C11H10Br2N2O3. The number of hydrogen-bond donors (Lipinski definition) is 1. The number of carboxylic acid groups (broad SMARTS) is 1. The van der Waals surface area contributed by atoms with Crippen molar-refractivity contribution in [3.8, 4) is 0 Å². The Labute approximate surface area is 120 Å². The van der Waals surface area contributed by atoms with E-state index in [0.717, 1.165) is 4.47 Å². The number of nitrogens with zero attached hydrogens (tertiary/aromatic N) is 2. The van der Waals surface area contributed by atoms with E-state index in [0.29, 0.717) is 23.9 Å². The second-order valence-electron chi connectivity index (χ2n) is 3.98. The number of rotatable bonds is 2. The predicted octanol–water partition coefficient (Wildman–Crippen LogP) is 2.30. The average molecular weight is 378 g/mol. The summed E-state index contributed by atoms with van der Waals surface area (Å²) in [6.45, 7) is 0.458. The van der Waals surface area contributed by atoms with E-state index in [4.69, 9.17) is 5.11 Å². The Morgan fingerprint density at radius 1 is 1.44 bits per heavy atom. The molecule has 1 aromatic heterocycles. The lowest BCUT2D eigenvalue weighted by atomic mass is 10.2. The first-order valence-electron chi connectivity index (χ1n) is 5.35. The molecule has 0 radical (unpaired) electrons. The Bertz CT molecular complexity index is 507. The lowest BCUT2D eigenvalue weighted by Gasteiger charge is -2.21. The van der Waals surface area contributed by atoms with E-state index in [1.807, 2.05) is 0 Å². The maximum Gasteiger partial charge on any atom is 0.326 e. The second kappa shape index (κ2) is 5.36. The average Bonchev–Trinajstić information content (AvgIpc) is 2.77. The zero-order valence-electron chi connectivity index (χ0n) is 9.27. The van der Waals surface area contributed by atoms with Gasteiger partial charge >= 0.3 is 5.97 Å². The fourth-order valence-corrected chi connectivity index (χ4v) is 3.13. The molecule has 2 rings (SSSR count). The fraction of sp³-hybridized carbons (Fsp3) is 0.364. The maximum absolute atomic E-state index is 12.2. The van der Waals surface area contributed by atoms with E-state index < -0.39 is 12.0 Å². The molecule has 7 heteroatoms. The standard InChI is InChI=1S/C11H10Br2N2O3/c12-6-4-7(13)9(14-5-6)10(16)15-3-1-2-8(15)11(17)18/h4-5,8H,1-3H2,(H,17,18)/t8-/m0/s1. The van der Waals surface area contributed by atoms with Gasteiger partial charge in [-0.3, -0.25) is 4.79 Å². The van der Waals surface area contributed by atoms with Gasteiger partial charge in [0.1, 0.15) is 11.7 Å². The van der Waals surface area contributed by atoms with Crippen LogP contribution in [0.25, 0.3) is 0 Å². The summed E-state index contributed by atoms with van der Waals surface area (Å²) in [5.74, 6) is -1.31. The molecule has 1 saturated heterocycles. The third-order valence-electron chi connectivity index (χ3n) is 2.81. The Morgan fingerprint density at radius 3 is 2.78 bits per heavy atom. The Kier molecular flexibility index (Phi) is 4.01. The molecule has 5 nitrogen and oxygen atoms in total. The van der Waals surface area contributed by atoms with Gasteiger partial charge in [0, 0.05) is 17.2 Å². The molecule has 1 N–H and O–H groups in total. The number of pyridine rings is 1. The van der Waals surface area contributed by atoms with Gasteiger partial charge in [-0.1, -0.05) is 0 Å². The zero-order valence-corrected chi connectivity index (χ0v) is 12.4. The molecule has 1 aliphatic heterocycles. The fourth-order valence-electron chi connectivity index (χ4n) is 1.97. The molecule has 1 aromatic rings. The highest BCUT2D eigenvalue weighted by Crippen LogP contribution is 2.25. The van der Waals surface area contributed by atoms with E-state index in [1.165, 1.54) is 11.1 Å². The van der Waals surface area contributed by atoms with Gasteiger partial charge in [-0.2, -0.15) is 0 Å². The lowest BCUT2D eigenvalue weighted by Crippen LogP contribution is -2.40. The van der Waals surface area contributed by atoms with Crippen LogP contribution in [-0.2, 0) is 4.79 Å². The molecule has 0 spiro atoms. The van der Waals surface area contributed by atoms with Crippen LogP contribution in [0.1, 0.15) is 23.3 Å². The van der Waals surface area contributed by atoms with Crippen molar-refractivity contribution >= 4 is 43.7 Å². The molecule has 2 heterocycles. The third-order valence-corrected chi connectivity index (χ3v) is 3.85. The molecule has 1 amide bonds. The van der Waals surface area contributed by atoms with Gasteiger partial charge in [0.2, 0.25) is 0 Å². The van der Waals surface area contributed by atoms with Crippen molar-refractivity contribution in [1.29, 1.82) is 0 Å². The smallest absolute Gasteiger partial charge is 0.326 e. The number of carbonyl (C=O) groups excluding carboxylic acids is 1. The van der Waals surface area contributed by atoms with Crippen molar-refractivity contribution in [2.24, 2.45) is 0 Å². The lowest BCUT2D eigenvalue weighted by molar-refractivity contribution is -0.141. The van der Waals surface area contributed by atoms with Gasteiger partial charge in [0.25, 0.3) is 5.91 Å². The van der Waals surface area contributed by atoms with E-state index in [9.17, 15) is 9.59 Å². The van der Waals surface area contributed by atoms with Crippen LogP contribution >= 0.6 is 31.9 Å². The normalized spacial score (nSPS) is 19.0. The highest BCUT2D eigenvalue weighted by molar-refractivity contribution is 9.11. The summed E-state index contributed by atoms with van der Waals surface area (Å²) in [6, 6.07) is 0.973. The van der Waals surface area contributed by atoms with Crippen LogP contribution in [0.15, 0.2) is 21.2 Å². The molecule has 1 fully saturated rings. The van der Waals surface area contributed by atoms with Crippen molar-refractivity contribution in [2.75, 3.05) is 6.54 Å². The topological polar surface area (TPSA) is 70.5 Å². The van der Waals surface area contributed by atoms with Crippen LogP contribution in [0, 0.1) is 0 Å². The van der Waals surface area contributed by atoms with Crippen LogP contribution in [0.5, 0.6) is 0 Å². The second-order valence-corrected chi connectivity index (χ2v) is 5.75. The maximum atomic E-state index is 12.2. The van der Waals surface area contributed by atoms with Crippen LogP contribution in [0.4, 0.5) is 0 Å². The molecule has 1 aliphatic rings. The van der Waals surface area contributed by atoms with Crippen LogP contribution < -0.4 is 0 Å². The Morgan fingerprint density at radius 2 is 2.17 bits per heavy atom. The number of aromatic nitrogens is 1. The van der Waals surface area contributed by atoms with Gasteiger partial charge < -0.3 is 10.0 Å². The van der Waals surface area contributed by atoms with Crippen molar-refractivity contribution in [3.05, 3.63) is 26.9 Å². The Hall–Kier alpha value is -0.950. The van der Waals surface area contributed by atoms with Crippen molar-refractivity contribution in [1.82, 2.24) is 9.88 Å². The minimum atomic E-state index is -0.964. The van der Waals surface area contributed by atoms with Crippen molar-refractivity contribution in [3.63, 3.8) is 0 Å². The zero-order chi connectivity index (χ0) is 13.3. The SMILES string of the molecule is O=C(O)[C@@H]1CCCN1C(=O)c1ncc(Br)cc1Br. The summed E-state index contributed by atoms with van der Waals surface area (Å²) in [5.41, 5.74) is 0.242. The highest BCUT2D eigenvalue weighted by atomic mass is 79.9. The number of hydrogen-bond acceptors (Lipinski definition) is 3. The van der Waals surface area contributed by atoms with Crippen LogP contribution in [0.3, 0.4) is 0 Å². The van der Waals surface area contributed by atoms with E-state index in [2.05, 4.69) is 36.8 Å². The molecule has 0 aliphatic carbocycles. The number of carbonyl (C=O) groups is 2. The third kappa shape index (κ3) is 2.56. The summed E-state index contributed by atoms with van der Waals surface area (Å²) >= 11 is 6.52. The largest absolute Gasteiger partial charge is 0.480 e. The summed E-state index contributed by atoms with van der Waals surface area (Å²) in [5, 5.41) is 9.06. The summed E-state index contributed by atoms with van der Waals surface area (Å²) in [4.78, 5) is 28.7. The Balaban J connectivity index is 2.28. The van der Waals surface area contributed by atoms with Gasteiger partial charge in [-0.25, -0.2) is 9.78 Å². The van der Waals surface area contributed by atoms with Crippen LogP contribution in [0.2, 0.25) is 0 Å². The summed E-state index contributed by atoms with van der Waals surface area (Å²) < 4.78 is 1.31. The number of halogens is 2. The van der Waals surface area contributed by atoms with E-state index >= 15 is 0 Å². The quantitative estimate of drug-likeness (QED) is 0.858. The van der Waals surface area contributed by atoms with E-state index in [1.54, 1.807) is 6.07 Å². The van der Waals surface area contributed by atoms with Gasteiger partial charge in [0.05, 0.1) is 4.47 Å². The number of carboxylic acids is 1. The number of likely N-dealkylation sites (tertiary alicyclic amines) is 1. The molecule has 0 unspecified atom stereocenters. The highest BCUT2D eigenvalue weighted by Gasteiger charge is 2.35. The molecule has 96 valence electrons. The van der Waals surface area contributed by atoms with Gasteiger partial charge in [-0.15, -0.1) is 0 Å². The first kappa shape index (κ1) is 13.5. The first-order chi connectivity index (χ1) is 8.50. The van der Waals surface area contributed by atoms with E-state index in [-0.39, 0.29) is 11.6 Å². The molecular weight excluding hydrogens is 368 g/mol.